The molecular formula is C16H25FN2. The standard InChI is InChI=1S/C16H25FN2/c1-3-19(15-9-7-14(17)8-10-15)12-11-13-5-4-6-16(13)18-2/h7-10,13,16,18H,3-6,11-12H2,1-2H3. The van der Waals surface area contributed by atoms with Gasteiger partial charge in [0, 0.05) is 24.8 Å². The van der Waals surface area contributed by atoms with Gasteiger partial charge in [0.25, 0.3) is 0 Å². The second-order valence-corrected chi connectivity index (χ2v) is 5.43. The molecule has 0 amide bonds. The Morgan fingerprint density at radius 2 is 2.00 bits per heavy atom. The zero-order chi connectivity index (χ0) is 13.7. The van der Waals surface area contributed by atoms with E-state index in [9.17, 15) is 4.39 Å². The summed E-state index contributed by atoms with van der Waals surface area (Å²) >= 11 is 0. The van der Waals surface area contributed by atoms with Crippen LogP contribution in [-0.4, -0.2) is 26.2 Å². The smallest absolute Gasteiger partial charge is 0.123 e. The van der Waals surface area contributed by atoms with E-state index < -0.39 is 0 Å². The summed E-state index contributed by atoms with van der Waals surface area (Å²) in [5.41, 5.74) is 1.13. The maximum atomic E-state index is 13.0. The Bertz CT molecular complexity index is 377. The summed E-state index contributed by atoms with van der Waals surface area (Å²) in [4.78, 5) is 2.34. The van der Waals surface area contributed by atoms with Gasteiger partial charge in [-0.1, -0.05) is 6.42 Å². The molecule has 2 unspecified atom stereocenters. The summed E-state index contributed by atoms with van der Waals surface area (Å²) in [7, 11) is 2.07. The number of nitrogens with one attached hydrogen (secondary N) is 1. The van der Waals surface area contributed by atoms with Gasteiger partial charge in [0.1, 0.15) is 5.82 Å². The van der Waals surface area contributed by atoms with Gasteiger partial charge in [-0.3, -0.25) is 0 Å². The van der Waals surface area contributed by atoms with Crippen LogP contribution in [-0.2, 0) is 0 Å². The summed E-state index contributed by atoms with van der Waals surface area (Å²) < 4.78 is 13.0. The molecule has 0 aliphatic heterocycles. The van der Waals surface area contributed by atoms with Gasteiger partial charge in [0.05, 0.1) is 0 Å². The lowest BCUT2D eigenvalue weighted by Gasteiger charge is -2.26. The zero-order valence-electron chi connectivity index (χ0n) is 12.0. The van der Waals surface area contributed by atoms with E-state index in [4.69, 9.17) is 0 Å². The molecule has 0 saturated heterocycles. The number of hydrogen-bond donors (Lipinski definition) is 1. The van der Waals surface area contributed by atoms with Crippen LogP contribution in [0.1, 0.15) is 32.6 Å². The van der Waals surface area contributed by atoms with Crippen LogP contribution in [0.2, 0.25) is 0 Å². The molecule has 2 nitrogen and oxygen atoms in total. The molecule has 1 saturated carbocycles. The molecule has 0 heterocycles. The number of rotatable bonds is 6. The molecule has 0 spiro atoms. The Morgan fingerprint density at radius 3 is 2.63 bits per heavy atom. The topological polar surface area (TPSA) is 15.3 Å². The molecule has 1 fully saturated rings. The Kier molecular flexibility index (Phi) is 5.20. The van der Waals surface area contributed by atoms with Crippen LogP contribution in [0.15, 0.2) is 24.3 Å². The van der Waals surface area contributed by atoms with Crippen molar-refractivity contribution < 1.29 is 4.39 Å². The quantitative estimate of drug-likeness (QED) is 0.847. The number of halogens is 1. The van der Waals surface area contributed by atoms with Crippen LogP contribution in [0.4, 0.5) is 10.1 Å². The first kappa shape index (κ1) is 14.3. The van der Waals surface area contributed by atoms with Gasteiger partial charge in [-0.2, -0.15) is 0 Å². The first-order valence-electron chi connectivity index (χ1n) is 7.42. The van der Waals surface area contributed by atoms with E-state index in [1.165, 1.54) is 25.7 Å². The van der Waals surface area contributed by atoms with Gasteiger partial charge in [-0.05, 0) is 63.4 Å². The van der Waals surface area contributed by atoms with E-state index in [2.05, 4.69) is 24.2 Å². The van der Waals surface area contributed by atoms with Crippen molar-refractivity contribution in [2.75, 3.05) is 25.0 Å². The monoisotopic (exact) mass is 264 g/mol. The highest BCUT2D eigenvalue weighted by Crippen LogP contribution is 2.29. The van der Waals surface area contributed by atoms with Crippen molar-refractivity contribution in [3.05, 3.63) is 30.1 Å². The molecule has 1 aliphatic carbocycles. The van der Waals surface area contributed by atoms with Crippen LogP contribution in [0.25, 0.3) is 0 Å². The molecule has 0 radical (unpaired) electrons. The summed E-state index contributed by atoms with van der Waals surface area (Å²) in [5, 5.41) is 3.43. The van der Waals surface area contributed by atoms with Crippen molar-refractivity contribution in [3.63, 3.8) is 0 Å². The van der Waals surface area contributed by atoms with Crippen LogP contribution in [0.5, 0.6) is 0 Å². The van der Waals surface area contributed by atoms with E-state index >= 15 is 0 Å². The van der Waals surface area contributed by atoms with Gasteiger partial charge in [0.15, 0.2) is 0 Å². The predicted octanol–water partition coefficient (Wildman–Crippen LogP) is 3.43. The fourth-order valence-electron chi connectivity index (χ4n) is 3.21. The highest BCUT2D eigenvalue weighted by molar-refractivity contribution is 5.45. The molecule has 19 heavy (non-hydrogen) atoms. The Labute approximate surface area is 116 Å². The lowest BCUT2D eigenvalue weighted by Crippen LogP contribution is -2.32. The summed E-state index contributed by atoms with van der Waals surface area (Å²) in [6.45, 7) is 4.20. The highest BCUT2D eigenvalue weighted by atomic mass is 19.1. The van der Waals surface area contributed by atoms with Crippen molar-refractivity contribution in [1.82, 2.24) is 5.32 Å². The molecule has 106 valence electrons. The minimum atomic E-state index is -0.161. The van der Waals surface area contributed by atoms with E-state index in [0.717, 1.165) is 24.7 Å². The Hall–Kier alpha value is -1.09. The summed E-state index contributed by atoms with van der Waals surface area (Å²) in [5.74, 6) is 0.630. The van der Waals surface area contributed by atoms with E-state index in [0.29, 0.717) is 6.04 Å². The molecule has 2 atom stereocenters. The Balaban J connectivity index is 1.90. The number of benzene rings is 1. The molecule has 1 aromatic carbocycles. The van der Waals surface area contributed by atoms with Gasteiger partial charge >= 0.3 is 0 Å². The maximum absolute atomic E-state index is 13.0. The van der Waals surface area contributed by atoms with Crippen LogP contribution >= 0.6 is 0 Å². The fraction of sp³-hybridized carbons (Fsp3) is 0.625. The normalized spacial score (nSPS) is 22.7. The largest absolute Gasteiger partial charge is 0.372 e. The van der Waals surface area contributed by atoms with Crippen LogP contribution in [0.3, 0.4) is 0 Å². The van der Waals surface area contributed by atoms with Crippen LogP contribution < -0.4 is 10.2 Å². The average molecular weight is 264 g/mol. The van der Waals surface area contributed by atoms with Gasteiger partial charge in [-0.25, -0.2) is 4.39 Å². The summed E-state index contributed by atoms with van der Waals surface area (Å²) in [6.07, 6.45) is 5.21. The van der Waals surface area contributed by atoms with Crippen molar-refractivity contribution in [1.29, 1.82) is 0 Å². The SMILES string of the molecule is CCN(CCC1CCCC1NC)c1ccc(F)cc1. The molecular weight excluding hydrogens is 239 g/mol. The van der Waals surface area contributed by atoms with E-state index in [1.54, 1.807) is 12.1 Å². The van der Waals surface area contributed by atoms with Crippen molar-refractivity contribution >= 4 is 5.69 Å². The van der Waals surface area contributed by atoms with E-state index in [1.807, 2.05) is 12.1 Å². The molecule has 1 N–H and O–H groups in total. The number of hydrogen-bond acceptors (Lipinski definition) is 2. The third kappa shape index (κ3) is 3.69. The second-order valence-electron chi connectivity index (χ2n) is 5.43. The first-order chi connectivity index (χ1) is 9.24. The van der Waals surface area contributed by atoms with Gasteiger partial charge < -0.3 is 10.2 Å². The lowest BCUT2D eigenvalue weighted by molar-refractivity contribution is 0.401. The first-order valence-corrected chi connectivity index (χ1v) is 7.42. The third-order valence-electron chi connectivity index (χ3n) is 4.37. The van der Waals surface area contributed by atoms with Crippen molar-refractivity contribution in [2.24, 2.45) is 5.92 Å². The maximum Gasteiger partial charge on any atom is 0.123 e. The van der Waals surface area contributed by atoms with Crippen molar-refractivity contribution in [3.8, 4) is 0 Å². The fourth-order valence-corrected chi connectivity index (χ4v) is 3.21. The molecule has 0 bridgehead atoms. The molecule has 1 aromatic rings. The average Bonchev–Trinajstić information content (AvgIpc) is 2.89. The van der Waals surface area contributed by atoms with E-state index in [-0.39, 0.29) is 5.82 Å². The van der Waals surface area contributed by atoms with Gasteiger partial charge in [-0.15, -0.1) is 0 Å². The number of nitrogens with zero attached hydrogens (tertiary/aromatic N) is 1. The van der Waals surface area contributed by atoms with Crippen molar-refractivity contribution in [2.45, 2.75) is 38.6 Å². The zero-order valence-corrected chi connectivity index (χ0v) is 12.0. The highest BCUT2D eigenvalue weighted by Gasteiger charge is 2.25. The summed E-state index contributed by atoms with van der Waals surface area (Å²) in [6, 6.07) is 7.53. The second kappa shape index (κ2) is 6.90. The predicted molar refractivity (Wildman–Crippen MR) is 79.1 cm³/mol. The molecule has 3 heteroatoms. The third-order valence-corrected chi connectivity index (χ3v) is 4.37. The minimum absolute atomic E-state index is 0.161. The molecule has 1 aliphatic rings. The molecule has 2 rings (SSSR count). The molecule has 0 aromatic heterocycles. The van der Waals surface area contributed by atoms with Crippen LogP contribution in [0, 0.1) is 11.7 Å². The minimum Gasteiger partial charge on any atom is -0.372 e. The number of anilines is 1. The lowest BCUT2D eigenvalue weighted by atomic mass is 9.99. The Morgan fingerprint density at radius 1 is 1.26 bits per heavy atom. The van der Waals surface area contributed by atoms with Gasteiger partial charge in [0.2, 0.25) is 0 Å².